The Kier molecular flexibility index (Phi) is 6.84. The normalized spacial score (nSPS) is 11.0. The molecule has 0 saturated carbocycles. The van der Waals surface area contributed by atoms with Gasteiger partial charge in [0.1, 0.15) is 0 Å². The maximum atomic E-state index is 12.1. The second-order valence-electron chi connectivity index (χ2n) is 6.33. The molecule has 0 aromatic heterocycles. The minimum absolute atomic E-state index is 0.0551. The first-order valence-electron chi connectivity index (χ1n) is 7.85. The monoisotopic (exact) mass is 470 g/mol. The molecule has 25 heavy (non-hydrogen) atoms. The van der Waals surface area contributed by atoms with Gasteiger partial charge in [-0.05, 0) is 52.4 Å². The van der Waals surface area contributed by atoms with E-state index in [2.05, 4.69) is 33.2 Å². The summed E-state index contributed by atoms with van der Waals surface area (Å²) in [5.41, 5.74) is 1.41. The van der Waals surface area contributed by atoms with Crippen LogP contribution in [0.2, 0.25) is 5.02 Å². The maximum absolute atomic E-state index is 12.1. The van der Waals surface area contributed by atoms with Gasteiger partial charge in [0.15, 0.2) is 0 Å². The highest BCUT2D eigenvalue weighted by atomic mass is 127. The fraction of sp³-hybridized carbons (Fsp3) is 0.263. The molecule has 132 valence electrons. The molecular weight excluding hydrogens is 451 g/mol. The number of carbonyl (C=O) groups excluding carboxylic acids is 2. The Balaban J connectivity index is 1.85. The van der Waals surface area contributed by atoms with E-state index in [9.17, 15) is 9.59 Å². The average molecular weight is 471 g/mol. The van der Waals surface area contributed by atoms with Crippen molar-refractivity contribution in [3.8, 4) is 0 Å². The van der Waals surface area contributed by atoms with Crippen molar-refractivity contribution in [1.29, 1.82) is 0 Å². The van der Waals surface area contributed by atoms with E-state index in [0.717, 1.165) is 9.13 Å². The summed E-state index contributed by atoms with van der Waals surface area (Å²) in [6.45, 7) is 4.50. The quantitative estimate of drug-likeness (QED) is 0.632. The molecule has 2 amide bonds. The fourth-order valence-electron chi connectivity index (χ4n) is 2.29. The highest BCUT2D eigenvalue weighted by Crippen LogP contribution is 2.23. The molecule has 2 rings (SSSR count). The SMILES string of the molecule is CC(C)(CNC(=O)CNC(=O)c1ccccc1I)c1ccc(Cl)cc1. The van der Waals surface area contributed by atoms with Crippen LogP contribution < -0.4 is 10.6 Å². The van der Waals surface area contributed by atoms with Crippen molar-refractivity contribution in [2.24, 2.45) is 0 Å². The number of nitrogens with one attached hydrogen (secondary N) is 2. The molecule has 0 unspecified atom stereocenters. The summed E-state index contributed by atoms with van der Waals surface area (Å²) in [4.78, 5) is 24.2. The van der Waals surface area contributed by atoms with Gasteiger partial charge in [-0.1, -0.05) is 49.7 Å². The van der Waals surface area contributed by atoms with Crippen molar-refractivity contribution in [3.05, 3.63) is 68.3 Å². The third-order valence-corrected chi connectivity index (χ3v) is 5.07. The van der Waals surface area contributed by atoms with Gasteiger partial charge in [-0.3, -0.25) is 9.59 Å². The molecule has 0 saturated heterocycles. The van der Waals surface area contributed by atoms with Crippen molar-refractivity contribution in [1.82, 2.24) is 10.6 Å². The second kappa shape index (κ2) is 8.67. The predicted molar refractivity (Wildman–Crippen MR) is 109 cm³/mol. The van der Waals surface area contributed by atoms with Crippen LogP contribution in [-0.4, -0.2) is 24.9 Å². The average Bonchev–Trinajstić information content (AvgIpc) is 2.59. The molecule has 0 aliphatic heterocycles. The van der Waals surface area contributed by atoms with Gasteiger partial charge in [-0.2, -0.15) is 0 Å². The Morgan fingerprint density at radius 3 is 2.32 bits per heavy atom. The number of rotatable bonds is 6. The Bertz CT molecular complexity index is 760. The first-order chi connectivity index (χ1) is 11.8. The number of carbonyl (C=O) groups is 2. The molecule has 0 aliphatic rings. The van der Waals surface area contributed by atoms with Crippen LogP contribution in [0.4, 0.5) is 0 Å². The summed E-state index contributed by atoms with van der Waals surface area (Å²) in [5.74, 6) is -0.474. The number of halogens is 2. The van der Waals surface area contributed by atoms with Gasteiger partial charge in [0.05, 0.1) is 12.1 Å². The maximum Gasteiger partial charge on any atom is 0.252 e. The number of hydrogen-bond donors (Lipinski definition) is 2. The lowest BCUT2D eigenvalue weighted by molar-refractivity contribution is -0.120. The highest BCUT2D eigenvalue weighted by Gasteiger charge is 2.21. The lowest BCUT2D eigenvalue weighted by atomic mass is 9.84. The van der Waals surface area contributed by atoms with E-state index in [1.807, 2.05) is 50.2 Å². The van der Waals surface area contributed by atoms with Crippen molar-refractivity contribution in [2.75, 3.05) is 13.1 Å². The smallest absolute Gasteiger partial charge is 0.252 e. The van der Waals surface area contributed by atoms with Gasteiger partial charge in [0.25, 0.3) is 5.91 Å². The summed E-state index contributed by atoms with van der Waals surface area (Å²) in [5, 5.41) is 6.20. The second-order valence-corrected chi connectivity index (χ2v) is 7.93. The largest absolute Gasteiger partial charge is 0.354 e. The van der Waals surface area contributed by atoms with E-state index in [4.69, 9.17) is 11.6 Å². The van der Waals surface area contributed by atoms with Gasteiger partial charge in [-0.25, -0.2) is 0 Å². The zero-order valence-electron chi connectivity index (χ0n) is 14.1. The first kappa shape index (κ1) is 19.7. The molecule has 0 atom stereocenters. The standard InChI is InChI=1S/C19H20ClIN2O2/c1-19(2,13-7-9-14(20)10-8-13)12-23-17(24)11-22-18(25)15-5-3-4-6-16(15)21/h3-10H,11-12H2,1-2H3,(H,22,25)(H,23,24). The van der Waals surface area contributed by atoms with Crippen LogP contribution in [0.1, 0.15) is 29.8 Å². The fourth-order valence-corrected chi connectivity index (χ4v) is 3.04. The molecule has 0 radical (unpaired) electrons. The van der Waals surface area contributed by atoms with Crippen molar-refractivity contribution >= 4 is 46.0 Å². The van der Waals surface area contributed by atoms with E-state index < -0.39 is 0 Å². The Morgan fingerprint density at radius 1 is 1.04 bits per heavy atom. The summed E-state index contributed by atoms with van der Waals surface area (Å²) in [6, 6.07) is 14.8. The zero-order valence-corrected chi connectivity index (χ0v) is 17.0. The predicted octanol–water partition coefficient (Wildman–Crippen LogP) is 3.77. The van der Waals surface area contributed by atoms with Crippen LogP contribution >= 0.6 is 34.2 Å². The summed E-state index contributed by atoms with van der Waals surface area (Å²) < 4.78 is 0.849. The van der Waals surface area contributed by atoms with Crippen LogP contribution in [0.25, 0.3) is 0 Å². The molecule has 0 bridgehead atoms. The van der Waals surface area contributed by atoms with Crippen molar-refractivity contribution in [2.45, 2.75) is 19.3 Å². The molecule has 2 N–H and O–H groups in total. The first-order valence-corrected chi connectivity index (χ1v) is 9.31. The van der Waals surface area contributed by atoms with Crippen LogP contribution in [0.15, 0.2) is 48.5 Å². The van der Waals surface area contributed by atoms with Gasteiger partial charge in [0, 0.05) is 20.6 Å². The molecule has 6 heteroatoms. The topological polar surface area (TPSA) is 58.2 Å². The number of amides is 2. The lowest BCUT2D eigenvalue weighted by Gasteiger charge is -2.25. The summed E-state index contributed by atoms with van der Waals surface area (Å²) in [7, 11) is 0. The van der Waals surface area contributed by atoms with E-state index >= 15 is 0 Å². The van der Waals surface area contributed by atoms with Crippen LogP contribution in [-0.2, 0) is 10.2 Å². The molecule has 0 fully saturated rings. The molecule has 0 heterocycles. The Morgan fingerprint density at radius 2 is 1.68 bits per heavy atom. The molecule has 2 aromatic carbocycles. The minimum Gasteiger partial charge on any atom is -0.354 e. The van der Waals surface area contributed by atoms with Crippen molar-refractivity contribution in [3.63, 3.8) is 0 Å². The zero-order chi connectivity index (χ0) is 18.4. The minimum atomic E-state index is -0.253. The van der Waals surface area contributed by atoms with Gasteiger partial charge in [-0.15, -0.1) is 0 Å². The van der Waals surface area contributed by atoms with Crippen molar-refractivity contribution < 1.29 is 9.59 Å². The third kappa shape index (κ3) is 5.71. The molecule has 0 aliphatic carbocycles. The number of hydrogen-bond acceptors (Lipinski definition) is 2. The van der Waals surface area contributed by atoms with Crippen LogP contribution in [0, 0.1) is 3.57 Å². The summed E-state index contributed by atoms with van der Waals surface area (Å²) >= 11 is 8.01. The lowest BCUT2D eigenvalue weighted by Crippen LogP contribution is -2.42. The van der Waals surface area contributed by atoms with Crippen LogP contribution in [0.3, 0.4) is 0 Å². The third-order valence-electron chi connectivity index (χ3n) is 3.88. The Labute approximate surface area is 166 Å². The summed E-state index contributed by atoms with van der Waals surface area (Å²) in [6.07, 6.45) is 0. The van der Waals surface area contributed by atoms with E-state index in [-0.39, 0.29) is 23.8 Å². The van der Waals surface area contributed by atoms with E-state index in [1.165, 1.54) is 0 Å². The molecule has 4 nitrogen and oxygen atoms in total. The van der Waals surface area contributed by atoms with Gasteiger partial charge >= 0.3 is 0 Å². The molecule has 2 aromatic rings. The Hall–Kier alpha value is -1.60. The molecular formula is C19H20ClIN2O2. The number of benzene rings is 2. The highest BCUT2D eigenvalue weighted by molar-refractivity contribution is 14.1. The van der Waals surface area contributed by atoms with Gasteiger partial charge in [0.2, 0.25) is 5.91 Å². The van der Waals surface area contributed by atoms with E-state index in [1.54, 1.807) is 12.1 Å². The van der Waals surface area contributed by atoms with Crippen LogP contribution in [0.5, 0.6) is 0 Å². The molecule has 0 spiro atoms. The van der Waals surface area contributed by atoms with E-state index in [0.29, 0.717) is 17.1 Å². The van der Waals surface area contributed by atoms with Gasteiger partial charge < -0.3 is 10.6 Å².